The number of aliphatic hydroxyl groups excluding tert-OH is 8. The van der Waals surface area contributed by atoms with Crippen molar-refractivity contribution in [2.75, 3.05) is 70.5 Å². The number of benzene rings is 2. The molecular formula is C64H97N11O20S2. The number of aliphatic hydroxyl groups is 8. The van der Waals surface area contributed by atoms with Crippen molar-refractivity contribution in [3.63, 3.8) is 0 Å². The SMILES string of the molecule is C[C@@H](O)[C@H](NC(=O)[C@H](C[C@@H](O)CNC=O)NC[C@H]1CC[C@H](c2nnc(-c3ccc(N4CCC(OC5CCCCC5)CC4)cc3)s2)CC1)C(=O)N1C[C@H](O)C[C@H]1C(=O)N[C@H](C(=O)N[C@H](C(=O)N1C[C@@H](O)[C@@H](C)C1)[C@H](O)CCNC(CO)CO)[C@H](O)Cc1ccc(O)c(OS(=O)(=O)O)c1. The molecule has 0 unspecified atom stereocenters. The molecule has 5 fully saturated rings. The van der Waals surface area contributed by atoms with Gasteiger partial charge in [-0.2, -0.15) is 8.42 Å². The minimum absolute atomic E-state index is 0.00467. The van der Waals surface area contributed by atoms with E-state index in [0.717, 1.165) is 89.9 Å². The van der Waals surface area contributed by atoms with Crippen molar-refractivity contribution < 1.29 is 96.6 Å². The Morgan fingerprint density at radius 2 is 1.46 bits per heavy atom. The van der Waals surface area contributed by atoms with Crippen molar-refractivity contribution in [1.82, 2.24) is 51.9 Å². The number of ether oxygens (including phenoxy) is 1. The number of β-amino-alcohol motifs (C(OH)–C–C–N with tert-alkyl or cyclic N) is 2. The second-order valence-corrected chi connectivity index (χ2v) is 28.5. The lowest BCUT2D eigenvalue weighted by Gasteiger charge is -2.36. The number of hydrogen-bond acceptors (Lipinski definition) is 25. The van der Waals surface area contributed by atoms with Crippen LogP contribution in [0.4, 0.5) is 5.69 Å². The Hall–Kier alpha value is -6.31. The normalized spacial score (nSPS) is 23.8. The summed E-state index contributed by atoms with van der Waals surface area (Å²) in [4.78, 5) is 88.3. The number of aromatic nitrogens is 2. The molecule has 3 aliphatic heterocycles. The van der Waals surface area contributed by atoms with Gasteiger partial charge in [-0.3, -0.25) is 33.3 Å². The summed E-state index contributed by atoms with van der Waals surface area (Å²) in [5.41, 5.74) is 2.08. The van der Waals surface area contributed by atoms with Gasteiger partial charge in [0.25, 0.3) is 0 Å². The minimum atomic E-state index is -5.20. The molecule has 8 rings (SSSR count). The van der Waals surface area contributed by atoms with Gasteiger partial charge in [0.2, 0.25) is 35.9 Å². The molecule has 31 nitrogen and oxygen atoms in total. The maximum absolute atomic E-state index is 14.7. The first kappa shape index (κ1) is 76.4. The van der Waals surface area contributed by atoms with Gasteiger partial charge in [0.1, 0.15) is 34.2 Å². The minimum Gasteiger partial charge on any atom is -0.504 e. The predicted molar refractivity (Wildman–Crippen MR) is 352 cm³/mol. The Kier molecular flexibility index (Phi) is 28.5. The number of phenols is 1. The quantitative estimate of drug-likeness (QED) is 0.0229. The fourth-order valence-electron chi connectivity index (χ4n) is 13.4. The number of aromatic hydroxyl groups is 1. The first-order valence-corrected chi connectivity index (χ1v) is 35.8. The molecule has 2 aliphatic carbocycles. The van der Waals surface area contributed by atoms with Crippen molar-refractivity contribution in [3.05, 3.63) is 53.0 Å². The maximum Gasteiger partial charge on any atom is 0.446 e. The molecule has 12 atom stereocenters. The fourth-order valence-corrected chi connectivity index (χ4v) is 14.8. The average molecular weight is 1400 g/mol. The molecule has 5 aliphatic rings. The lowest BCUT2D eigenvalue weighted by Crippen LogP contribution is -2.63. The van der Waals surface area contributed by atoms with Crippen LogP contribution in [0, 0.1) is 11.8 Å². The third-order valence-electron chi connectivity index (χ3n) is 19.1. The van der Waals surface area contributed by atoms with Crippen molar-refractivity contribution in [3.8, 4) is 22.1 Å². The largest absolute Gasteiger partial charge is 0.504 e. The summed E-state index contributed by atoms with van der Waals surface area (Å²) >= 11 is 1.56. The van der Waals surface area contributed by atoms with E-state index in [1.165, 1.54) is 50.0 Å². The number of likely N-dealkylation sites (tertiary alicyclic amines) is 2. The molecule has 0 spiro atoms. The van der Waals surface area contributed by atoms with E-state index in [2.05, 4.69) is 75.4 Å². The highest BCUT2D eigenvalue weighted by Crippen LogP contribution is 2.39. The maximum atomic E-state index is 14.7. The van der Waals surface area contributed by atoms with E-state index in [1.807, 2.05) is 0 Å². The molecule has 33 heteroatoms. The van der Waals surface area contributed by atoms with E-state index >= 15 is 0 Å². The zero-order valence-corrected chi connectivity index (χ0v) is 56.4. The van der Waals surface area contributed by atoms with Gasteiger partial charge in [-0.25, -0.2) is 0 Å². The zero-order chi connectivity index (χ0) is 70.1. The van der Waals surface area contributed by atoms with E-state index in [1.54, 1.807) is 18.3 Å². The number of hydrogen-bond donors (Lipinski definition) is 16. The van der Waals surface area contributed by atoms with Crippen LogP contribution in [0.2, 0.25) is 0 Å². The van der Waals surface area contributed by atoms with Gasteiger partial charge < -0.3 is 101 Å². The van der Waals surface area contributed by atoms with Gasteiger partial charge in [-0.05, 0) is 132 Å². The van der Waals surface area contributed by atoms with E-state index in [4.69, 9.17) is 4.74 Å². The first-order chi connectivity index (χ1) is 46.3. The van der Waals surface area contributed by atoms with Crippen LogP contribution in [0.1, 0.15) is 120 Å². The summed E-state index contributed by atoms with van der Waals surface area (Å²) < 4.78 is 43.5. The molecule has 0 bridgehead atoms. The molecule has 3 aromatic rings. The highest BCUT2D eigenvalue weighted by atomic mass is 32.3. The number of anilines is 1. The Morgan fingerprint density at radius 1 is 0.784 bits per heavy atom. The Labute approximate surface area is 568 Å². The van der Waals surface area contributed by atoms with Crippen molar-refractivity contribution in [1.29, 1.82) is 0 Å². The molecule has 1 aromatic heterocycles. The summed E-state index contributed by atoms with van der Waals surface area (Å²) in [5, 5.41) is 123. The zero-order valence-electron chi connectivity index (χ0n) is 54.7. The van der Waals surface area contributed by atoms with Crippen molar-refractivity contribution in [2.45, 2.75) is 201 Å². The second-order valence-electron chi connectivity index (χ2n) is 26.5. The molecule has 2 saturated carbocycles. The highest BCUT2D eigenvalue weighted by molar-refractivity contribution is 7.81. The number of amides is 6. The molecule has 540 valence electrons. The molecule has 2 aromatic carbocycles. The third-order valence-corrected chi connectivity index (χ3v) is 20.6. The second kappa shape index (κ2) is 36.2. The molecule has 0 radical (unpaired) electrons. The van der Waals surface area contributed by atoms with E-state index in [9.17, 15) is 87.7 Å². The summed E-state index contributed by atoms with van der Waals surface area (Å²) in [7, 11) is -5.20. The number of carbonyl (C=O) groups excluding carboxylic acids is 6. The van der Waals surface area contributed by atoms with Gasteiger partial charge >= 0.3 is 10.4 Å². The number of rotatable bonds is 34. The summed E-state index contributed by atoms with van der Waals surface area (Å²) in [6.45, 7) is 2.94. The van der Waals surface area contributed by atoms with Crippen LogP contribution < -0.4 is 41.0 Å². The van der Waals surface area contributed by atoms with Crippen LogP contribution in [0.25, 0.3) is 10.6 Å². The molecule has 3 saturated heterocycles. The topological polar surface area (TPSA) is 465 Å². The van der Waals surface area contributed by atoms with Crippen LogP contribution in [-0.4, -0.2) is 266 Å². The number of nitrogens with one attached hydrogen (secondary N) is 6. The van der Waals surface area contributed by atoms with Crippen molar-refractivity contribution in [2.24, 2.45) is 11.8 Å². The van der Waals surface area contributed by atoms with Crippen LogP contribution in [0.3, 0.4) is 0 Å². The van der Waals surface area contributed by atoms with Gasteiger partial charge in [0.05, 0.1) is 74.1 Å². The van der Waals surface area contributed by atoms with Gasteiger partial charge in [-0.15, -0.1) is 10.2 Å². The van der Waals surface area contributed by atoms with Gasteiger partial charge in [-0.1, -0.05) is 43.6 Å². The number of carbonyl (C=O) groups is 6. The van der Waals surface area contributed by atoms with Crippen molar-refractivity contribution >= 4 is 63.4 Å². The van der Waals surface area contributed by atoms with Crippen LogP contribution in [0.5, 0.6) is 11.5 Å². The molecule has 97 heavy (non-hydrogen) atoms. The fraction of sp³-hybridized carbons (Fsp3) is 0.688. The van der Waals surface area contributed by atoms with Gasteiger partial charge in [0.15, 0.2) is 11.5 Å². The number of nitrogens with zero attached hydrogens (tertiary/aromatic N) is 5. The highest BCUT2D eigenvalue weighted by Gasteiger charge is 2.46. The predicted octanol–water partition coefficient (Wildman–Crippen LogP) is -1.93. The molecule has 6 amide bonds. The molecular weight excluding hydrogens is 1310 g/mol. The first-order valence-electron chi connectivity index (χ1n) is 33.6. The number of piperidine rings is 1. The van der Waals surface area contributed by atoms with Crippen LogP contribution in [0.15, 0.2) is 42.5 Å². The lowest BCUT2D eigenvalue weighted by atomic mass is 9.82. The Bertz CT molecular complexity index is 3160. The average Bonchev–Trinajstić information content (AvgIpc) is 1.79. The number of phenolic OH excluding ortho intramolecular Hbond substituents is 1. The standard InChI is InChI=1S/C64H97N11O20S2/c1-36-30-74(32-53(36)85)63(89)57(51(83)18-21-66-42(33-76)34-77)70-60(88)56(52(84)24-39-10-17-50(82)54(25-39)95-97(91,92)93)69-59(87)49-27-45(81)31-75(49)64(90)55(37(2)79)68-58(86)48(26-44(80)29-65-35-78)67-28-38-8-11-40(12-9-38)61-71-72-62(96-61)41-13-15-43(16-14-41)73-22-19-47(20-23-73)94-46-6-4-3-5-7-46/h10,13-17,25,35-38,40,42,44-49,51-53,55-57,66-67,76-77,79-85H,3-9,11-12,18-24,26-34H2,1-2H3,(H,65,78)(H,68,86)(H,69,87)(H,70,88)(H,91,92,93)/t36-,37+,38-,40-,44+,45+,48-,49-,51+,52+,53+,55-,56-,57-/m0/s1. The summed E-state index contributed by atoms with van der Waals surface area (Å²) in [5.74, 6) is -7.11. The monoisotopic (exact) mass is 1400 g/mol. The van der Waals surface area contributed by atoms with Crippen LogP contribution >= 0.6 is 11.3 Å². The molecule has 16 N–H and O–H groups in total. The molecule has 4 heterocycles. The summed E-state index contributed by atoms with van der Waals surface area (Å²) in [6.07, 6.45) is 1.46. The van der Waals surface area contributed by atoms with E-state index in [0.29, 0.717) is 25.2 Å². The van der Waals surface area contributed by atoms with E-state index in [-0.39, 0.29) is 56.4 Å². The van der Waals surface area contributed by atoms with Gasteiger partial charge in [0, 0.05) is 75.2 Å². The lowest BCUT2D eigenvalue weighted by molar-refractivity contribution is -0.145. The Morgan fingerprint density at radius 3 is 2.10 bits per heavy atom. The smallest absolute Gasteiger partial charge is 0.446 e. The van der Waals surface area contributed by atoms with E-state index < -0.39 is 163 Å². The van der Waals surface area contributed by atoms with Crippen LogP contribution in [-0.2, 0) is 50.3 Å². The Balaban J connectivity index is 0.922. The summed E-state index contributed by atoms with van der Waals surface area (Å²) in [6, 6.07) is 1.92. The third kappa shape index (κ3) is 21.8.